The molecule has 0 aliphatic heterocycles. The van der Waals surface area contributed by atoms with Gasteiger partial charge in [-0.05, 0) is 25.0 Å². The molecule has 0 radical (unpaired) electrons. The van der Waals surface area contributed by atoms with E-state index in [1.165, 1.54) is 17.8 Å². The monoisotopic (exact) mass is 308 g/mol. The van der Waals surface area contributed by atoms with Crippen LogP contribution in [-0.2, 0) is 13.7 Å². The third-order valence-corrected chi connectivity index (χ3v) is 4.43. The van der Waals surface area contributed by atoms with Crippen LogP contribution in [0.3, 0.4) is 0 Å². The number of nitrogens with zero attached hydrogens (tertiary/aromatic N) is 4. The molecule has 8 heteroatoms. The van der Waals surface area contributed by atoms with E-state index in [0.29, 0.717) is 11.0 Å². The fraction of sp³-hybridized carbons (Fsp3) is 0.385. The molecule has 1 aromatic carbocycles. The summed E-state index contributed by atoms with van der Waals surface area (Å²) in [4.78, 5) is 10.5. The molecule has 0 fully saturated rings. The molecule has 0 aliphatic carbocycles. The van der Waals surface area contributed by atoms with Gasteiger partial charge in [0.25, 0.3) is 5.69 Å². The fourth-order valence-corrected chi connectivity index (χ4v) is 3.03. The van der Waals surface area contributed by atoms with Crippen molar-refractivity contribution in [2.75, 3.05) is 0 Å². The topological polar surface area (TPSA) is 94.1 Å². The molecule has 0 aliphatic rings. The zero-order chi connectivity index (χ0) is 15.6. The van der Waals surface area contributed by atoms with E-state index in [0.717, 1.165) is 11.1 Å². The Morgan fingerprint density at radius 3 is 2.76 bits per heavy atom. The Kier molecular flexibility index (Phi) is 4.59. The maximum Gasteiger partial charge on any atom is 0.269 e. The van der Waals surface area contributed by atoms with Crippen molar-refractivity contribution in [2.45, 2.75) is 30.9 Å². The van der Waals surface area contributed by atoms with Gasteiger partial charge in [-0.3, -0.25) is 10.1 Å². The van der Waals surface area contributed by atoms with Crippen molar-refractivity contribution in [1.29, 1.82) is 0 Å². The van der Waals surface area contributed by atoms with Crippen LogP contribution in [0.1, 0.15) is 29.1 Å². The van der Waals surface area contributed by atoms with Crippen molar-refractivity contribution in [3.63, 3.8) is 0 Å². The summed E-state index contributed by atoms with van der Waals surface area (Å²) in [6.45, 7) is 3.71. The first-order valence-electron chi connectivity index (χ1n) is 6.34. The Labute approximate surface area is 126 Å². The number of nitro groups is 1. The number of aliphatic hydroxyl groups excluding tert-OH is 1. The van der Waals surface area contributed by atoms with Crippen LogP contribution in [0.25, 0.3) is 0 Å². The summed E-state index contributed by atoms with van der Waals surface area (Å²) in [6, 6.07) is 4.85. The molecule has 112 valence electrons. The van der Waals surface area contributed by atoms with E-state index in [1.54, 1.807) is 23.7 Å². The molecule has 1 aromatic heterocycles. The number of hydrogen-bond donors (Lipinski definition) is 1. The maximum atomic E-state index is 10.9. The van der Waals surface area contributed by atoms with Crippen molar-refractivity contribution >= 4 is 17.4 Å². The van der Waals surface area contributed by atoms with Crippen LogP contribution in [0.15, 0.2) is 23.4 Å². The van der Waals surface area contributed by atoms with Gasteiger partial charge < -0.3 is 9.67 Å². The molecule has 0 saturated carbocycles. The number of non-ortho nitro benzene ring substituents is 1. The van der Waals surface area contributed by atoms with Gasteiger partial charge >= 0.3 is 0 Å². The van der Waals surface area contributed by atoms with Crippen LogP contribution in [0.2, 0.25) is 0 Å². The van der Waals surface area contributed by atoms with Crippen LogP contribution in [0, 0.1) is 17.0 Å². The summed E-state index contributed by atoms with van der Waals surface area (Å²) in [6.07, 6.45) is 0. The molecule has 0 saturated heterocycles. The van der Waals surface area contributed by atoms with Gasteiger partial charge in [0.1, 0.15) is 6.61 Å². The first kappa shape index (κ1) is 15.5. The first-order chi connectivity index (χ1) is 9.93. The average molecular weight is 308 g/mol. The Bertz CT molecular complexity index is 671. The summed E-state index contributed by atoms with van der Waals surface area (Å²) in [5.74, 6) is 0.487. The third-order valence-electron chi connectivity index (χ3n) is 3.26. The summed E-state index contributed by atoms with van der Waals surface area (Å²) in [5.41, 5.74) is 1.96. The van der Waals surface area contributed by atoms with E-state index in [4.69, 9.17) is 5.11 Å². The highest BCUT2D eigenvalue weighted by Crippen LogP contribution is 2.36. The molecular formula is C13H16N4O3S. The smallest absolute Gasteiger partial charge is 0.269 e. The summed E-state index contributed by atoms with van der Waals surface area (Å²) in [5, 5.41) is 28.6. The van der Waals surface area contributed by atoms with Gasteiger partial charge in [0.2, 0.25) is 0 Å². The number of hydrogen-bond acceptors (Lipinski definition) is 6. The van der Waals surface area contributed by atoms with Gasteiger partial charge in [-0.2, -0.15) is 0 Å². The van der Waals surface area contributed by atoms with Crippen molar-refractivity contribution in [2.24, 2.45) is 7.05 Å². The number of nitro benzene ring substituents is 1. The van der Waals surface area contributed by atoms with Gasteiger partial charge in [0.15, 0.2) is 11.0 Å². The van der Waals surface area contributed by atoms with Crippen LogP contribution in [-0.4, -0.2) is 24.8 Å². The lowest BCUT2D eigenvalue weighted by Crippen LogP contribution is -2.01. The van der Waals surface area contributed by atoms with Crippen LogP contribution in [0.5, 0.6) is 0 Å². The summed E-state index contributed by atoms with van der Waals surface area (Å²) >= 11 is 1.45. The number of thioether (sulfide) groups is 1. The zero-order valence-electron chi connectivity index (χ0n) is 12.0. The lowest BCUT2D eigenvalue weighted by atomic mass is 10.1. The second-order valence-corrected chi connectivity index (χ2v) is 5.98. The Morgan fingerprint density at radius 2 is 2.19 bits per heavy atom. The molecule has 2 rings (SSSR count). The normalized spacial score (nSPS) is 12.4. The maximum absolute atomic E-state index is 10.9. The largest absolute Gasteiger partial charge is 0.388 e. The molecule has 1 atom stereocenters. The molecule has 0 bridgehead atoms. The van der Waals surface area contributed by atoms with E-state index in [9.17, 15) is 10.1 Å². The predicted molar refractivity (Wildman–Crippen MR) is 79.0 cm³/mol. The van der Waals surface area contributed by atoms with Gasteiger partial charge in [0.05, 0.1) is 4.92 Å². The van der Waals surface area contributed by atoms with E-state index in [2.05, 4.69) is 10.2 Å². The van der Waals surface area contributed by atoms with Crippen molar-refractivity contribution in [3.05, 3.63) is 45.3 Å². The summed E-state index contributed by atoms with van der Waals surface area (Å²) in [7, 11) is 1.78. The van der Waals surface area contributed by atoms with Crippen molar-refractivity contribution < 1.29 is 10.0 Å². The van der Waals surface area contributed by atoms with E-state index in [1.807, 2.05) is 13.8 Å². The summed E-state index contributed by atoms with van der Waals surface area (Å²) < 4.78 is 1.72. The van der Waals surface area contributed by atoms with Crippen LogP contribution < -0.4 is 0 Å². The highest BCUT2D eigenvalue weighted by atomic mass is 32.2. The second-order valence-electron chi connectivity index (χ2n) is 4.67. The van der Waals surface area contributed by atoms with E-state index in [-0.39, 0.29) is 17.5 Å². The highest BCUT2D eigenvalue weighted by Gasteiger charge is 2.18. The number of benzene rings is 1. The van der Waals surface area contributed by atoms with Gasteiger partial charge in [-0.1, -0.05) is 17.8 Å². The average Bonchev–Trinajstić information content (AvgIpc) is 2.79. The zero-order valence-corrected chi connectivity index (χ0v) is 12.8. The van der Waals surface area contributed by atoms with Crippen molar-refractivity contribution in [3.8, 4) is 0 Å². The number of rotatable bonds is 5. The minimum absolute atomic E-state index is 0.0145. The first-order valence-corrected chi connectivity index (χ1v) is 7.22. The Morgan fingerprint density at radius 1 is 1.48 bits per heavy atom. The Hall–Kier alpha value is -1.93. The van der Waals surface area contributed by atoms with Crippen molar-refractivity contribution in [1.82, 2.24) is 14.8 Å². The predicted octanol–water partition coefficient (Wildman–Crippen LogP) is 2.38. The van der Waals surface area contributed by atoms with Gasteiger partial charge in [-0.25, -0.2) is 0 Å². The second kappa shape index (κ2) is 6.23. The molecule has 0 unspecified atom stereocenters. The fourth-order valence-electron chi connectivity index (χ4n) is 1.99. The molecule has 7 nitrogen and oxygen atoms in total. The molecule has 0 spiro atoms. The van der Waals surface area contributed by atoms with Crippen LogP contribution >= 0.6 is 11.8 Å². The van der Waals surface area contributed by atoms with Crippen LogP contribution in [0.4, 0.5) is 5.69 Å². The molecule has 21 heavy (non-hydrogen) atoms. The minimum Gasteiger partial charge on any atom is -0.388 e. The molecule has 1 N–H and O–H groups in total. The molecule has 0 amide bonds. The Balaban J connectivity index is 2.27. The lowest BCUT2D eigenvalue weighted by molar-refractivity contribution is -0.384. The molecule has 2 aromatic rings. The number of aliphatic hydroxyl groups is 1. The molecular weight excluding hydrogens is 292 g/mol. The molecule has 1 heterocycles. The van der Waals surface area contributed by atoms with Gasteiger partial charge in [-0.15, -0.1) is 10.2 Å². The highest BCUT2D eigenvalue weighted by molar-refractivity contribution is 7.99. The van der Waals surface area contributed by atoms with E-state index >= 15 is 0 Å². The minimum atomic E-state index is -0.396. The van der Waals surface area contributed by atoms with Gasteiger partial charge in [0, 0.05) is 24.4 Å². The third kappa shape index (κ3) is 3.22. The lowest BCUT2D eigenvalue weighted by Gasteiger charge is -2.13. The standard InChI is InChI=1S/C13H16N4O3S/c1-8-4-5-10(17(19)20)6-11(8)9(2)21-13-15-14-12(7-18)16(13)3/h4-6,9,18H,7H2,1-3H3/t9-/m0/s1. The number of aromatic nitrogens is 3. The number of aryl methyl sites for hydroxylation is 1. The quantitative estimate of drug-likeness (QED) is 0.518. The van der Waals surface area contributed by atoms with E-state index < -0.39 is 4.92 Å². The SMILES string of the molecule is Cc1ccc([N+](=O)[O-])cc1[C@H](C)Sc1nnc(CO)n1C.